The van der Waals surface area contributed by atoms with E-state index in [4.69, 9.17) is 0 Å². The Morgan fingerprint density at radius 1 is 0.968 bits per heavy atom. The van der Waals surface area contributed by atoms with Crippen LogP contribution in [0, 0.1) is 12.7 Å². The minimum Gasteiger partial charge on any atom is -0.348 e. The SMILES string of the molecule is Cc1cc(C(=O)NCc2cccc(NC(=O)c3ccncc3)c2)c2ccc(F)cc2n1. The molecular weight excluding hydrogens is 395 g/mol. The van der Waals surface area contributed by atoms with Crippen molar-refractivity contribution >= 4 is 28.4 Å². The summed E-state index contributed by atoms with van der Waals surface area (Å²) in [5, 5.41) is 6.30. The van der Waals surface area contributed by atoms with Gasteiger partial charge in [0, 0.05) is 47.3 Å². The number of aromatic nitrogens is 2. The third-order valence-electron chi connectivity index (χ3n) is 4.73. The molecule has 0 aliphatic heterocycles. The molecule has 7 heteroatoms. The van der Waals surface area contributed by atoms with Gasteiger partial charge >= 0.3 is 0 Å². The van der Waals surface area contributed by atoms with E-state index in [9.17, 15) is 14.0 Å². The zero-order chi connectivity index (χ0) is 21.8. The van der Waals surface area contributed by atoms with Crippen LogP contribution in [0.15, 0.2) is 73.1 Å². The molecule has 0 spiro atoms. The standard InChI is InChI=1S/C24H19FN4O2/c1-15-11-21(20-6-5-18(25)13-22(20)28-15)24(31)27-14-16-3-2-4-19(12-16)29-23(30)17-7-9-26-10-8-17/h2-13H,14H2,1H3,(H,27,31)(H,29,30). The van der Waals surface area contributed by atoms with Gasteiger partial charge in [-0.15, -0.1) is 0 Å². The van der Waals surface area contributed by atoms with E-state index >= 15 is 0 Å². The molecule has 0 atom stereocenters. The molecule has 0 bridgehead atoms. The van der Waals surface area contributed by atoms with Gasteiger partial charge in [0.2, 0.25) is 0 Å². The maximum atomic E-state index is 13.5. The van der Waals surface area contributed by atoms with Crippen LogP contribution in [-0.4, -0.2) is 21.8 Å². The van der Waals surface area contributed by atoms with Crippen LogP contribution in [-0.2, 0) is 6.54 Å². The van der Waals surface area contributed by atoms with Crippen molar-refractivity contribution in [2.75, 3.05) is 5.32 Å². The highest BCUT2D eigenvalue weighted by Gasteiger charge is 2.13. The normalized spacial score (nSPS) is 10.6. The number of carbonyl (C=O) groups excluding carboxylic acids is 2. The number of nitrogens with one attached hydrogen (secondary N) is 2. The zero-order valence-electron chi connectivity index (χ0n) is 16.7. The molecule has 2 aromatic heterocycles. The molecule has 31 heavy (non-hydrogen) atoms. The van der Waals surface area contributed by atoms with Crippen molar-refractivity contribution in [1.82, 2.24) is 15.3 Å². The summed E-state index contributed by atoms with van der Waals surface area (Å²) in [5.41, 5.74) is 3.45. The lowest BCUT2D eigenvalue weighted by Gasteiger charge is -2.11. The van der Waals surface area contributed by atoms with Crippen molar-refractivity contribution in [3.63, 3.8) is 0 Å². The highest BCUT2D eigenvalue weighted by atomic mass is 19.1. The van der Waals surface area contributed by atoms with Gasteiger partial charge in [0.05, 0.1) is 11.1 Å². The van der Waals surface area contributed by atoms with E-state index < -0.39 is 5.82 Å². The third kappa shape index (κ3) is 4.72. The molecule has 2 amide bonds. The van der Waals surface area contributed by atoms with Crippen LogP contribution in [0.1, 0.15) is 32.0 Å². The fourth-order valence-electron chi connectivity index (χ4n) is 3.26. The predicted molar refractivity (Wildman–Crippen MR) is 116 cm³/mol. The van der Waals surface area contributed by atoms with Crippen LogP contribution < -0.4 is 10.6 Å². The van der Waals surface area contributed by atoms with Crippen molar-refractivity contribution in [2.24, 2.45) is 0 Å². The number of carbonyl (C=O) groups is 2. The Balaban J connectivity index is 1.47. The predicted octanol–water partition coefficient (Wildman–Crippen LogP) is 4.26. The molecule has 0 radical (unpaired) electrons. The Hall–Kier alpha value is -4.13. The summed E-state index contributed by atoms with van der Waals surface area (Å²) in [4.78, 5) is 33.3. The first kappa shape index (κ1) is 20.2. The first-order chi connectivity index (χ1) is 15.0. The van der Waals surface area contributed by atoms with Crippen LogP contribution in [0.3, 0.4) is 0 Å². The fraction of sp³-hybridized carbons (Fsp3) is 0.0833. The number of aryl methyl sites for hydroxylation is 1. The number of hydrogen-bond acceptors (Lipinski definition) is 4. The van der Waals surface area contributed by atoms with E-state index in [1.54, 1.807) is 61.8 Å². The average molecular weight is 414 g/mol. The van der Waals surface area contributed by atoms with Gasteiger partial charge < -0.3 is 10.6 Å². The summed E-state index contributed by atoms with van der Waals surface area (Å²) in [7, 11) is 0. The number of fused-ring (bicyclic) bond motifs is 1. The number of rotatable bonds is 5. The maximum absolute atomic E-state index is 13.5. The molecule has 2 aromatic carbocycles. The van der Waals surface area contributed by atoms with Gasteiger partial charge in [0.25, 0.3) is 11.8 Å². The molecule has 2 heterocycles. The highest BCUT2D eigenvalue weighted by molar-refractivity contribution is 6.06. The molecule has 4 aromatic rings. The van der Waals surface area contributed by atoms with E-state index in [1.165, 1.54) is 12.1 Å². The summed E-state index contributed by atoms with van der Waals surface area (Å²) in [6.45, 7) is 2.03. The van der Waals surface area contributed by atoms with E-state index in [0.717, 1.165) is 5.56 Å². The topological polar surface area (TPSA) is 84.0 Å². The van der Waals surface area contributed by atoms with Crippen LogP contribution in [0.25, 0.3) is 10.9 Å². The highest BCUT2D eigenvalue weighted by Crippen LogP contribution is 2.20. The molecule has 0 aliphatic carbocycles. The number of nitrogens with zero attached hydrogens (tertiary/aromatic N) is 2. The van der Waals surface area contributed by atoms with Crippen molar-refractivity contribution in [3.8, 4) is 0 Å². The molecule has 0 aliphatic rings. The second-order valence-electron chi connectivity index (χ2n) is 7.05. The van der Waals surface area contributed by atoms with Crippen LogP contribution in [0.4, 0.5) is 10.1 Å². The molecule has 0 saturated heterocycles. The second-order valence-corrected chi connectivity index (χ2v) is 7.05. The lowest BCUT2D eigenvalue weighted by atomic mass is 10.1. The Morgan fingerprint density at radius 2 is 1.77 bits per heavy atom. The van der Waals surface area contributed by atoms with Crippen molar-refractivity contribution < 1.29 is 14.0 Å². The van der Waals surface area contributed by atoms with E-state index in [-0.39, 0.29) is 18.4 Å². The number of benzene rings is 2. The molecule has 6 nitrogen and oxygen atoms in total. The Labute approximate surface area is 178 Å². The minimum atomic E-state index is -0.400. The first-order valence-electron chi connectivity index (χ1n) is 9.65. The summed E-state index contributed by atoms with van der Waals surface area (Å²) in [6.07, 6.45) is 3.11. The molecule has 2 N–H and O–H groups in total. The number of amides is 2. The number of halogens is 1. The number of hydrogen-bond donors (Lipinski definition) is 2. The van der Waals surface area contributed by atoms with Crippen LogP contribution in [0.2, 0.25) is 0 Å². The van der Waals surface area contributed by atoms with E-state index in [1.807, 2.05) is 6.07 Å². The molecule has 0 unspecified atom stereocenters. The first-order valence-corrected chi connectivity index (χ1v) is 9.65. The Kier molecular flexibility index (Phi) is 5.66. The van der Waals surface area contributed by atoms with Crippen molar-refractivity contribution in [3.05, 3.63) is 101 Å². The average Bonchev–Trinajstić information content (AvgIpc) is 2.77. The molecule has 154 valence electrons. The largest absolute Gasteiger partial charge is 0.348 e. The monoisotopic (exact) mass is 414 g/mol. The minimum absolute atomic E-state index is 0.241. The number of pyridine rings is 2. The Morgan fingerprint density at radius 3 is 2.58 bits per heavy atom. The third-order valence-corrected chi connectivity index (χ3v) is 4.73. The van der Waals surface area contributed by atoms with Gasteiger partial charge in [-0.3, -0.25) is 19.6 Å². The smallest absolute Gasteiger partial charge is 0.255 e. The molecule has 4 rings (SSSR count). The van der Waals surface area contributed by atoms with Crippen LogP contribution in [0.5, 0.6) is 0 Å². The van der Waals surface area contributed by atoms with Crippen LogP contribution >= 0.6 is 0 Å². The van der Waals surface area contributed by atoms with Gasteiger partial charge in [-0.05, 0) is 55.0 Å². The summed E-state index contributed by atoms with van der Waals surface area (Å²) in [5.74, 6) is -0.925. The lowest BCUT2D eigenvalue weighted by molar-refractivity contribution is 0.0951. The molecule has 0 saturated carbocycles. The van der Waals surface area contributed by atoms with Gasteiger partial charge in [-0.1, -0.05) is 12.1 Å². The lowest BCUT2D eigenvalue weighted by Crippen LogP contribution is -2.23. The Bertz CT molecular complexity index is 1270. The van der Waals surface area contributed by atoms with Gasteiger partial charge in [-0.2, -0.15) is 0 Å². The fourth-order valence-corrected chi connectivity index (χ4v) is 3.26. The molecular formula is C24H19FN4O2. The van der Waals surface area contributed by atoms with E-state index in [0.29, 0.717) is 33.4 Å². The van der Waals surface area contributed by atoms with E-state index in [2.05, 4.69) is 20.6 Å². The second kappa shape index (κ2) is 8.71. The van der Waals surface area contributed by atoms with Crippen molar-refractivity contribution in [1.29, 1.82) is 0 Å². The summed E-state index contributed by atoms with van der Waals surface area (Å²) in [6, 6.07) is 16.4. The van der Waals surface area contributed by atoms with Crippen molar-refractivity contribution in [2.45, 2.75) is 13.5 Å². The van der Waals surface area contributed by atoms with Gasteiger partial charge in [0.1, 0.15) is 5.82 Å². The zero-order valence-corrected chi connectivity index (χ0v) is 16.7. The summed E-state index contributed by atoms with van der Waals surface area (Å²) < 4.78 is 13.5. The molecule has 0 fully saturated rings. The quantitative estimate of drug-likeness (QED) is 0.511. The number of anilines is 1. The van der Waals surface area contributed by atoms with Gasteiger partial charge in [0.15, 0.2) is 0 Å². The maximum Gasteiger partial charge on any atom is 0.255 e. The van der Waals surface area contributed by atoms with Gasteiger partial charge in [-0.25, -0.2) is 4.39 Å². The summed E-state index contributed by atoms with van der Waals surface area (Å²) >= 11 is 0.